The van der Waals surface area contributed by atoms with E-state index in [4.69, 9.17) is 5.73 Å². The van der Waals surface area contributed by atoms with Crippen molar-refractivity contribution in [2.24, 2.45) is 0 Å². The van der Waals surface area contributed by atoms with Gasteiger partial charge in [0.1, 0.15) is 0 Å². The number of aromatic nitrogens is 1. The molecule has 0 amide bonds. The average molecular weight is 160 g/mol. The summed E-state index contributed by atoms with van der Waals surface area (Å²) in [5.41, 5.74) is 9.17. The minimum Gasteiger partial charge on any atom is -0.397 e. The van der Waals surface area contributed by atoms with E-state index in [0.29, 0.717) is 5.69 Å². The first kappa shape index (κ1) is 8.53. The smallest absolute Gasteiger partial charge is 0.0700 e. The van der Waals surface area contributed by atoms with Crippen LogP contribution in [0.1, 0.15) is 16.8 Å². The molecule has 0 aliphatic carbocycles. The molecule has 1 heterocycles. The lowest BCUT2D eigenvalue weighted by Gasteiger charge is -2.06. The summed E-state index contributed by atoms with van der Waals surface area (Å²) in [5.74, 6) is 0. The van der Waals surface area contributed by atoms with E-state index in [-0.39, 0.29) is 0 Å². The summed E-state index contributed by atoms with van der Waals surface area (Å²) in [6.45, 7) is 9.30. The molecule has 0 aliphatic rings. The van der Waals surface area contributed by atoms with Gasteiger partial charge in [0.05, 0.1) is 17.6 Å². The van der Waals surface area contributed by atoms with Gasteiger partial charge in [0.15, 0.2) is 0 Å². The van der Waals surface area contributed by atoms with Gasteiger partial charge in [-0.05, 0) is 18.6 Å². The van der Waals surface area contributed by atoms with Crippen LogP contribution in [0, 0.1) is 6.92 Å². The van der Waals surface area contributed by atoms with Gasteiger partial charge in [-0.1, -0.05) is 19.2 Å². The van der Waals surface area contributed by atoms with Gasteiger partial charge in [-0.2, -0.15) is 0 Å². The Morgan fingerprint density at radius 1 is 1.42 bits per heavy atom. The minimum atomic E-state index is 0.690. The van der Waals surface area contributed by atoms with E-state index in [9.17, 15) is 0 Å². The van der Waals surface area contributed by atoms with Crippen LogP contribution < -0.4 is 5.73 Å². The third kappa shape index (κ3) is 1.23. The van der Waals surface area contributed by atoms with Crippen LogP contribution >= 0.6 is 0 Å². The summed E-state index contributed by atoms with van der Waals surface area (Å²) < 4.78 is 0. The quantitative estimate of drug-likeness (QED) is 0.720. The lowest BCUT2D eigenvalue weighted by atomic mass is 10.1. The maximum atomic E-state index is 5.68. The van der Waals surface area contributed by atoms with Gasteiger partial charge < -0.3 is 5.73 Å². The number of nitrogen functional groups attached to an aromatic ring is 1. The Morgan fingerprint density at radius 2 is 2.08 bits per heavy atom. The van der Waals surface area contributed by atoms with Crippen LogP contribution in [0.5, 0.6) is 0 Å². The first-order chi connectivity index (χ1) is 5.70. The number of rotatable bonds is 2. The monoisotopic (exact) mass is 160 g/mol. The zero-order valence-corrected chi connectivity index (χ0v) is 7.17. The van der Waals surface area contributed by atoms with Crippen LogP contribution in [0.25, 0.3) is 12.2 Å². The Bertz CT molecular complexity index is 327. The molecule has 62 valence electrons. The standard InChI is InChI=1S/C10H12N2/c1-4-8-7(3)9(11)6-12-10(8)5-2/h4-6H,1-2,11H2,3H3. The number of anilines is 1. The van der Waals surface area contributed by atoms with Crippen LogP contribution in [0.2, 0.25) is 0 Å². The molecular weight excluding hydrogens is 148 g/mol. The Labute approximate surface area is 72.4 Å². The molecule has 2 heteroatoms. The van der Waals surface area contributed by atoms with E-state index in [0.717, 1.165) is 16.8 Å². The number of pyridine rings is 1. The van der Waals surface area contributed by atoms with E-state index in [1.807, 2.05) is 6.92 Å². The maximum absolute atomic E-state index is 5.68. The van der Waals surface area contributed by atoms with Gasteiger partial charge in [0.2, 0.25) is 0 Å². The number of nitrogens with zero attached hydrogens (tertiary/aromatic N) is 1. The highest BCUT2D eigenvalue weighted by Gasteiger charge is 2.03. The third-order valence-electron chi connectivity index (χ3n) is 1.85. The lowest BCUT2D eigenvalue weighted by Crippen LogP contribution is -1.97. The third-order valence-corrected chi connectivity index (χ3v) is 1.85. The molecule has 0 aliphatic heterocycles. The predicted molar refractivity (Wildman–Crippen MR) is 53.6 cm³/mol. The zero-order valence-electron chi connectivity index (χ0n) is 7.17. The van der Waals surface area contributed by atoms with Gasteiger partial charge in [-0.25, -0.2) is 0 Å². The van der Waals surface area contributed by atoms with E-state index in [1.54, 1.807) is 18.3 Å². The summed E-state index contributed by atoms with van der Waals surface area (Å²) in [7, 11) is 0. The zero-order chi connectivity index (χ0) is 9.14. The van der Waals surface area contributed by atoms with Crippen LogP contribution in [0.3, 0.4) is 0 Å². The fourth-order valence-electron chi connectivity index (χ4n) is 1.07. The molecule has 1 aromatic rings. The van der Waals surface area contributed by atoms with Crippen molar-refractivity contribution >= 4 is 17.8 Å². The van der Waals surface area contributed by atoms with Crippen molar-refractivity contribution in [1.29, 1.82) is 0 Å². The average Bonchev–Trinajstić information content (AvgIpc) is 2.09. The summed E-state index contributed by atoms with van der Waals surface area (Å²) in [6, 6.07) is 0. The Kier molecular flexibility index (Phi) is 2.29. The topological polar surface area (TPSA) is 38.9 Å². The second-order valence-electron chi connectivity index (χ2n) is 2.55. The van der Waals surface area contributed by atoms with Crippen LogP contribution in [-0.2, 0) is 0 Å². The van der Waals surface area contributed by atoms with E-state index >= 15 is 0 Å². The molecule has 0 fully saturated rings. The van der Waals surface area contributed by atoms with E-state index in [2.05, 4.69) is 18.1 Å². The van der Waals surface area contributed by atoms with Crippen LogP contribution in [0.4, 0.5) is 5.69 Å². The van der Waals surface area contributed by atoms with Crippen molar-refractivity contribution in [1.82, 2.24) is 4.98 Å². The van der Waals surface area contributed by atoms with E-state index < -0.39 is 0 Å². The molecule has 0 saturated heterocycles. The molecule has 0 atom stereocenters. The molecule has 1 rings (SSSR count). The second-order valence-corrected chi connectivity index (χ2v) is 2.55. The molecule has 0 aromatic carbocycles. The summed E-state index contributed by atoms with van der Waals surface area (Å²) in [4.78, 5) is 4.11. The van der Waals surface area contributed by atoms with Crippen molar-refractivity contribution in [2.45, 2.75) is 6.92 Å². The SMILES string of the molecule is C=Cc1ncc(N)c(C)c1C=C. The lowest BCUT2D eigenvalue weighted by molar-refractivity contribution is 1.25. The maximum Gasteiger partial charge on any atom is 0.0700 e. The summed E-state index contributed by atoms with van der Waals surface area (Å²) >= 11 is 0. The molecule has 2 N–H and O–H groups in total. The molecule has 1 aromatic heterocycles. The number of hydrogen-bond donors (Lipinski definition) is 1. The number of nitrogens with two attached hydrogens (primary N) is 1. The van der Waals surface area contributed by atoms with Crippen molar-refractivity contribution in [3.63, 3.8) is 0 Å². The highest BCUT2D eigenvalue weighted by atomic mass is 14.7. The first-order valence-electron chi connectivity index (χ1n) is 3.70. The molecule has 0 unspecified atom stereocenters. The Balaban J connectivity index is 3.45. The van der Waals surface area contributed by atoms with Crippen molar-refractivity contribution in [3.8, 4) is 0 Å². The highest BCUT2D eigenvalue weighted by molar-refractivity contribution is 5.68. The molecular formula is C10H12N2. The van der Waals surface area contributed by atoms with Crippen molar-refractivity contribution in [3.05, 3.63) is 36.2 Å². The summed E-state index contributed by atoms with van der Waals surface area (Å²) in [6.07, 6.45) is 5.08. The second kappa shape index (κ2) is 3.22. The van der Waals surface area contributed by atoms with Crippen LogP contribution in [-0.4, -0.2) is 4.98 Å². The normalized spacial score (nSPS) is 9.42. The predicted octanol–water partition coefficient (Wildman–Crippen LogP) is 2.26. The largest absolute Gasteiger partial charge is 0.397 e. The molecule has 0 spiro atoms. The molecule has 0 radical (unpaired) electrons. The van der Waals surface area contributed by atoms with E-state index in [1.165, 1.54) is 0 Å². The van der Waals surface area contributed by atoms with Crippen LogP contribution in [0.15, 0.2) is 19.4 Å². The van der Waals surface area contributed by atoms with Gasteiger partial charge >= 0.3 is 0 Å². The Hall–Kier alpha value is -1.57. The highest BCUT2D eigenvalue weighted by Crippen LogP contribution is 2.19. The van der Waals surface area contributed by atoms with Crippen molar-refractivity contribution in [2.75, 3.05) is 5.73 Å². The van der Waals surface area contributed by atoms with Gasteiger partial charge in [0.25, 0.3) is 0 Å². The molecule has 0 bridgehead atoms. The number of hydrogen-bond acceptors (Lipinski definition) is 2. The van der Waals surface area contributed by atoms with Crippen molar-refractivity contribution < 1.29 is 0 Å². The molecule has 12 heavy (non-hydrogen) atoms. The minimum absolute atomic E-state index is 0.690. The fraction of sp³-hybridized carbons (Fsp3) is 0.100. The summed E-state index contributed by atoms with van der Waals surface area (Å²) in [5, 5.41) is 0. The Morgan fingerprint density at radius 3 is 2.58 bits per heavy atom. The van der Waals surface area contributed by atoms with Gasteiger partial charge in [-0.15, -0.1) is 0 Å². The van der Waals surface area contributed by atoms with Gasteiger partial charge in [-0.3, -0.25) is 4.98 Å². The first-order valence-corrected chi connectivity index (χ1v) is 3.70. The molecule has 2 nitrogen and oxygen atoms in total. The van der Waals surface area contributed by atoms with Gasteiger partial charge in [0, 0.05) is 5.56 Å². The molecule has 0 saturated carbocycles. The fourth-order valence-corrected chi connectivity index (χ4v) is 1.07.